The number of allylic oxidation sites excluding steroid dienone is 1. The van der Waals surface area contributed by atoms with Crippen molar-refractivity contribution in [2.75, 3.05) is 0 Å². The third kappa shape index (κ3) is 5.72. The number of thiazole rings is 1. The Hall–Kier alpha value is -2.67. The number of benzene rings is 1. The van der Waals surface area contributed by atoms with Gasteiger partial charge < -0.3 is 15.2 Å². The third-order valence-electron chi connectivity index (χ3n) is 3.41. The Morgan fingerprint density at radius 2 is 2.28 bits per heavy atom. The topological polar surface area (TPSA) is 88.5 Å². The van der Waals surface area contributed by atoms with Crippen LogP contribution in [-0.2, 0) is 11.4 Å². The maximum Gasteiger partial charge on any atom is 0.326 e. The third-order valence-corrected chi connectivity index (χ3v) is 4.23. The number of carbonyl (C=O) groups is 2. The molecule has 1 atom stereocenters. The number of amides is 1. The number of aryl methyl sites for hydroxylation is 1. The molecule has 1 amide bonds. The zero-order valence-corrected chi connectivity index (χ0v) is 14.7. The Labute approximate surface area is 150 Å². The van der Waals surface area contributed by atoms with E-state index in [9.17, 15) is 14.7 Å². The van der Waals surface area contributed by atoms with Crippen LogP contribution in [0.4, 0.5) is 0 Å². The van der Waals surface area contributed by atoms with Gasteiger partial charge in [0.2, 0.25) is 0 Å². The van der Waals surface area contributed by atoms with Crippen LogP contribution in [0.3, 0.4) is 0 Å². The lowest BCUT2D eigenvalue weighted by molar-refractivity contribution is -0.139. The highest BCUT2D eigenvalue weighted by atomic mass is 32.1. The first-order chi connectivity index (χ1) is 12.0. The van der Waals surface area contributed by atoms with Gasteiger partial charge in [-0.15, -0.1) is 17.9 Å². The lowest BCUT2D eigenvalue weighted by Gasteiger charge is -2.14. The van der Waals surface area contributed by atoms with Crippen LogP contribution in [0.25, 0.3) is 0 Å². The molecule has 1 heterocycles. The highest BCUT2D eigenvalue weighted by Crippen LogP contribution is 2.16. The van der Waals surface area contributed by atoms with Crippen LogP contribution in [-0.4, -0.2) is 28.0 Å². The second-order valence-corrected chi connectivity index (χ2v) is 6.47. The lowest BCUT2D eigenvalue weighted by Crippen LogP contribution is -2.40. The summed E-state index contributed by atoms with van der Waals surface area (Å²) in [4.78, 5) is 27.8. The Kier molecular flexibility index (Phi) is 6.71. The summed E-state index contributed by atoms with van der Waals surface area (Å²) in [7, 11) is 0. The summed E-state index contributed by atoms with van der Waals surface area (Å²) in [6, 6.07) is 5.68. The van der Waals surface area contributed by atoms with E-state index in [1.54, 1.807) is 41.7 Å². The largest absolute Gasteiger partial charge is 0.487 e. The minimum absolute atomic E-state index is 0.296. The minimum atomic E-state index is -1.07. The van der Waals surface area contributed by atoms with Crippen LogP contribution in [0.2, 0.25) is 0 Å². The molecule has 2 N–H and O–H groups in total. The van der Waals surface area contributed by atoms with Crippen LogP contribution in [0.1, 0.15) is 33.9 Å². The fourth-order valence-electron chi connectivity index (χ4n) is 2.14. The molecule has 0 saturated heterocycles. The van der Waals surface area contributed by atoms with Crippen molar-refractivity contribution in [1.29, 1.82) is 0 Å². The second kappa shape index (κ2) is 8.98. The number of ether oxygens (including phenoxy) is 1. The maximum absolute atomic E-state index is 12.3. The molecule has 1 unspecified atom stereocenters. The van der Waals surface area contributed by atoms with Crippen LogP contribution in [0, 0.1) is 6.92 Å². The number of nitrogens with zero attached hydrogens (tertiary/aromatic N) is 1. The average molecular weight is 360 g/mol. The van der Waals surface area contributed by atoms with Crippen molar-refractivity contribution in [2.45, 2.75) is 32.4 Å². The highest BCUT2D eigenvalue weighted by molar-refractivity contribution is 7.09. The van der Waals surface area contributed by atoms with Gasteiger partial charge in [-0.25, -0.2) is 9.78 Å². The van der Waals surface area contributed by atoms with E-state index in [0.29, 0.717) is 30.8 Å². The number of rotatable bonds is 9. The molecule has 0 aliphatic rings. The summed E-state index contributed by atoms with van der Waals surface area (Å²) in [5.74, 6) is -0.996. The summed E-state index contributed by atoms with van der Waals surface area (Å²) >= 11 is 1.55. The predicted octanol–water partition coefficient (Wildman–Crippen LogP) is 3.18. The standard InChI is InChI=1S/C18H20N2O4S/c1-3-4-8-16(18(22)23)20-17(21)13-6-5-7-15(9-13)24-10-14-11-25-12(2)19-14/h3,5-7,9,11,16H,1,4,8,10H2,2H3,(H,20,21)(H,22,23). The molecular weight excluding hydrogens is 340 g/mol. The SMILES string of the molecule is C=CCCC(NC(=O)c1cccc(OCc2csc(C)n2)c1)C(=O)O. The first-order valence-electron chi connectivity index (χ1n) is 7.78. The van der Waals surface area contributed by atoms with E-state index in [1.165, 1.54) is 0 Å². The van der Waals surface area contributed by atoms with E-state index >= 15 is 0 Å². The van der Waals surface area contributed by atoms with Crippen molar-refractivity contribution in [2.24, 2.45) is 0 Å². The van der Waals surface area contributed by atoms with Gasteiger partial charge in [0.1, 0.15) is 18.4 Å². The van der Waals surface area contributed by atoms with Crippen LogP contribution < -0.4 is 10.1 Å². The van der Waals surface area contributed by atoms with Gasteiger partial charge in [0.15, 0.2) is 0 Å². The van der Waals surface area contributed by atoms with Gasteiger partial charge in [0.25, 0.3) is 5.91 Å². The molecule has 0 fully saturated rings. The molecule has 0 radical (unpaired) electrons. The summed E-state index contributed by atoms with van der Waals surface area (Å²) in [6.07, 6.45) is 2.42. The number of carbonyl (C=O) groups excluding carboxylic acids is 1. The molecule has 2 rings (SSSR count). The number of nitrogens with one attached hydrogen (secondary N) is 1. The highest BCUT2D eigenvalue weighted by Gasteiger charge is 2.20. The fourth-order valence-corrected chi connectivity index (χ4v) is 2.74. The van der Waals surface area contributed by atoms with Crippen molar-refractivity contribution in [3.05, 3.63) is 58.6 Å². The van der Waals surface area contributed by atoms with E-state index in [1.807, 2.05) is 12.3 Å². The van der Waals surface area contributed by atoms with Crippen molar-refractivity contribution in [1.82, 2.24) is 10.3 Å². The second-order valence-electron chi connectivity index (χ2n) is 5.40. The Morgan fingerprint density at radius 3 is 2.92 bits per heavy atom. The summed E-state index contributed by atoms with van der Waals surface area (Å²) < 4.78 is 5.65. The van der Waals surface area contributed by atoms with Gasteiger partial charge >= 0.3 is 5.97 Å². The van der Waals surface area contributed by atoms with Crippen molar-refractivity contribution in [3.63, 3.8) is 0 Å². The number of hydrogen-bond acceptors (Lipinski definition) is 5. The lowest BCUT2D eigenvalue weighted by atomic mass is 10.1. The molecule has 1 aromatic carbocycles. The van der Waals surface area contributed by atoms with E-state index < -0.39 is 17.9 Å². The summed E-state index contributed by atoms with van der Waals surface area (Å²) in [6.45, 7) is 5.79. The fraction of sp³-hybridized carbons (Fsp3) is 0.278. The number of aromatic nitrogens is 1. The molecule has 0 aliphatic carbocycles. The molecule has 0 spiro atoms. The van der Waals surface area contributed by atoms with Crippen LogP contribution >= 0.6 is 11.3 Å². The van der Waals surface area contributed by atoms with Gasteiger partial charge in [-0.05, 0) is 38.0 Å². The number of aliphatic carboxylic acids is 1. The normalized spacial score (nSPS) is 11.6. The van der Waals surface area contributed by atoms with Gasteiger partial charge in [0.05, 0.1) is 10.7 Å². The molecule has 0 bridgehead atoms. The average Bonchev–Trinajstić information content (AvgIpc) is 3.02. The van der Waals surface area contributed by atoms with Crippen LogP contribution in [0.5, 0.6) is 5.75 Å². The molecule has 25 heavy (non-hydrogen) atoms. The van der Waals surface area contributed by atoms with E-state index in [4.69, 9.17) is 4.74 Å². The zero-order valence-electron chi connectivity index (χ0n) is 13.9. The van der Waals surface area contributed by atoms with Crippen molar-refractivity contribution >= 4 is 23.2 Å². The van der Waals surface area contributed by atoms with E-state index in [-0.39, 0.29) is 0 Å². The number of carboxylic acids is 1. The molecule has 1 aromatic heterocycles. The van der Waals surface area contributed by atoms with Crippen LogP contribution in [0.15, 0.2) is 42.3 Å². The molecule has 7 heteroatoms. The molecule has 132 valence electrons. The van der Waals surface area contributed by atoms with Crippen molar-refractivity contribution in [3.8, 4) is 5.75 Å². The maximum atomic E-state index is 12.3. The van der Waals surface area contributed by atoms with Gasteiger partial charge in [0, 0.05) is 10.9 Å². The predicted molar refractivity (Wildman–Crippen MR) is 95.9 cm³/mol. The Bertz CT molecular complexity index is 757. The van der Waals surface area contributed by atoms with E-state index in [0.717, 1.165) is 10.7 Å². The Balaban J connectivity index is 1.99. The monoisotopic (exact) mass is 360 g/mol. The van der Waals surface area contributed by atoms with Gasteiger partial charge in [-0.2, -0.15) is 0 Å². The molecule has 6 nitrogen and oxygen atoms in total. The summed E-state index contributed by atoms with van der Waals surface area (Å²) in [5, 5.41) is 14.6. The van der Waals surface area contributed by atoms with Gasteiger partial charge in [-0.1, -0.05) is 12.1 Å². The number of carboxylic acid groups (broad SMARTS) is 1. The molecule has 0 aliphatic heterocycles. The quantitative estimate of drug-likeness (QED) is 0.671. The van der Waals surface area contributed by atoms with E-state index in [2.05, 4.69) is 16.9 Å². The first kappa shape index (κ1) is 18.7. The Morgan fingerprint density at radius 1 is 1.48 bits per heavy atom. The minimum Gasteiger partial charge on any atom is -0.487 e. The first-order valence-corrected chi connectivity index (χ1v) is 8.66. The molecular formula is C18H20N2O4S. The smallest absolute Gasteiger partial charge is 0.326 e. The summed E-state index contributed by atoms with van der Waals surface area (Å²) in [5.41, 5.74) is 1.17. The van der Waals surface area contributed by atoms with Gasteiger partial charge in [-0.3, -0.25) is 4.79 Å². The molecule has 0 saturated carbocycles. The van der Waals surface area contributed by atoms with Crippen molar-refractivity contribution < 1.29 is 19.4 Å². The number of hydrogen-bond donors (Lipinski definition) is 2. The molecule has 2 aromatic rings. The zero-order chi connectivity index (χ0) is 18.2.